The van der Waals surface area contributed by atoms with E-state index in [1.807, 2.05) is 13.8 Å². The maximum Gasteiger partial charge on any atom is 0.317 e. The molecule has 5 heteroatoms. The number of hydrogen-bond acceptors (Lipinski definition) is 2. The van der Waals surface area contributed by atoms with Crippen molar-refractivity contribution in [3.63, 3.8) is 0 Å². The van der Waals surface area contributed by atoms with Gasteiger partial charge in [0, 0.05) is 25.0 Å². The summed E-state index contributed by atoms with van der Waals surface area (Å²) in [4.78, 5) is 24.5. The molecule has 3 N–H and O–H groups in total. The summed E-state index contributed by atoms with van der Waals surface area (Å²) in [6.07, 6.45) is 2.29. The minimum absolute atomic E-state index is 0.0303. The summed E-state index contributed by atoms with van der Waals surface area (Å²) in [5.74, 6) is -0.311. The summed E-state index contributed by atoms with van der Waals surface area (Å²) < 4.78 is 0. The van der Waals surface area contributed by atoms with Crippen molar-refractivity contribution in [1.29, 1.82) is 0 Å². The molecule has 0 aromatic heterocycles. The predicted molar refractivity (Wildman–Crippen MR) is 61.8 cm³/mol. The third-order valence-corrected chi connectivity index (χ3v) is 3.17. The SMILES string of the molecule is CCC(C)NC(=O)N1CCC(C(N)=O)CC1. The highest BCUT2D eigenvalue weighted by molar-refractivity contribution is 5.78. The van der Waals surface area contributed by atoms with Crippen LogP contribution >= 0.6 is 0 Å². The van der Waals surface area contributed by atoms with Crippen LogP contribution in [-0.2, 0) is 4.79 Å². The summed E-state index contributed by atoms with van der Waals surface area (Å²) in [5.41, 5.74) is 5.23. The van der Waals surface area contributed by atoms with Crippen molar-refractivity contribution in [2.75, 3.05) is 13.1 Å². The van der Waals surface area contributed by atoms with E-state index in [0.717, 1.165) is 6.42 Å². The minimum atomic E-state index is -0.248. The van der Waals surface area contributed by atoms with Crippen LogP contribution in [-0.4, -0.2) is 36.0 Å². The topological polar surface area (TPSA) is 75.4 Å². The second kappa shape index (κ2) is 5.72. The van der Waals surface area contributed by atoms with Gasteiger partial charge in [0.1, 0.15) is 0 Å². The van der Waals surface area contributed by atoms with E-state index in [2.05, 4.69) is 5.32 Å². The van der Waals surface area contributed by atoms with E-state index in [1.54, 1.807) is 4.90 Å². The number of urea groups is 1. The molecule has 1 rings (SSSR count). The lowest BCUT2D eigenvalue weighted by molar-refractivity contribution is -0.123. The highest BCUT2D eigenvalue weighted by Crippen LogP contribution is 2.16. The molecule has 0 aromatic rings. The zero-order valence-electron chi connectivity index (χ0n) is 10.0. The molecule has 0 saturated carbocycles. The van der Waals surface area contributed by atoms with Crippen LogP contribution in [0.1, 0.15) is 33.1 Å². The quantitative estimate of drug-likeness (QED) is 0.744. The molecule has 0 spiro atoms. The lowest BCUT2D eigenvalue weighted by Crippen LogP contribution is -2.48. The van der Waals surface area contributed by atoms with Crippen molar-refractivity contribution in [3.8, 4) is 0 Å². The van der Waals surface area contributed by atoms with E-state index < -0.39 is 0 Å². The van der Waals surface area contributed by atoms with Crippen LogP contribution in [0, 0.1) is 5.92 Å². The number of piperidine rings is 1. The highest BCUT2D eigenvalue weighted by atomic mass is 16.2. The molecule has 0 aliphatic carbocycles. The van der Waals surface area contributed by atoms with Gasteiger partial charge in [0.15, 0.2) is 0 Å². The van der Waals surface area contributed by atoms with Crippen LogP contribution in [0.5, 0.6) is 0 Å². The number of nitrogens with two attached hydrogens (primary N) is 1. The highest BCUT2D eigenvalue weighted by Gasteiger charge is 2.25. The van der Waals surface area contributed by atoms with Gasteiger partial charge in [0.2, 0.25) is 5.91 Å². The number of rotatable bonds is 3. The lowest BCUT2D eigenvalue weighted by Gasteiger charge is -2.31. The van der Waals surface area contributed by atoms with Crippen LogP contribution in [0.15, 0.2) is 0 Å². The maximum absolute atomic E-state index is 11.7. The molecule has 0 aromatic carbocycles. The number of nitrogens with one attached hydrogen (secondary N) is 1. The fraction of sp³-hybridized carbons (Fsp3) is 0.818. The summed E-state index contributed by atoms with van der Waals surface area (Å²) in [7, 11) is 0. The normalized spacial score (nSPS) is 19.2. The molecule has 0 bridgehead atoms. The van der Waals surface area contributed by atoms with Gasteiger partial charge in [-0.3, -0.25) is 4.79 Å². The van der Waals surface area contributed by atoms with Crippen LogP contribution in [0.2, 0.25) is 0 Å². The van der Waals surface area contributed by atoms with E-state index in [9.17, 15) is 9.59 Å². The molecule has 1 heterocycles. The molecular formula is C11H21N3O2. The number of likely N-dealkylation sites (tertiary alicyclic amines) is 1. The number of nitrogens with zero attached hydrogens (tertiary/aromatic N) is 1. The molecule has 0 radical (unpaired) electrons. The number of primary amides is 1. The molecule has 3 amide bonds. The molecule has 1 atom stereocenters. The Hall–Kier alpha value is -1.26. The third kappa shape index (κ3) is 3.40. The monoisotopic (exact) mass is 227 g/mol. The van der Waals surface area contributed by atoms with Crippen molar-refractivity contribution in [2.24, 2.45) is 11.7 Å². The van der Waals surface area contributed by atoms with Crippen LogP contribution in [0.4, 0.5) is 4.79 Å². The van der Waals surface area contributed by atoms with Crippen molar-refractivity contribution in [1.82, 2.24) is 10.2 Å². The second-order valence-corrected chi connectivity index (χ2v) is 4.42. The van der Waals surface area contributed by atoms with Gasteiger partial charge in [-0.25, -0.2) is 4.79 Å². The van der Waals surface area contributed by atoms with E-state index >= 15 is 0 Å². The lowest BCUT2D eigenvalue weighted by atomic mass is 9.96. The number of carbonyl (C=O) groups is 2. The van der Waals surface area contributed by atoms with Crippen molar-refractivity contribution >= 4 is 11.9 Å². The summed E-state index contributed by atoms with van der Waals surface area (Å²) >= 11 is 0. The first kappa shape index (κ1) is 12.8. The Morgan fingerprint density at radius 2 is 2.00 bits per heavy atom. The van der Waals surface area contributed by atoms with Crippen LogP contribution in [0.3, 0.4) is 0 Å². The molecule has 1 aliphatic rings. The predicted octanol–water partition coefficient (Wildman–Crippen LogP) is 0.692. The second-order valence-electron chi connectivity index (χ2n) is 4.42. The van der Waals surface area contributed by atoms with Gasteiger partial charge in [-0.15, -0.1) is 0 Å². The Morgan fingerprint density at radius 1 is 1.44 bits per heavy atom. The van der Waals surface area contributed by atoms with Gasteiger partial charge in [0.05, 0.1) is 0 Å². The Balaban J connectivity index is 2.36. The standard InChI is InChI=1S/C11H21N3O2/c1-3-8(2)13-11(16)14-6-4-9(5-7-14)10(12)15/h8-9H,3-7H2,1-2H3,(H2,12,15)(H,13,16). The minimum Gasteiger partial charge on any atom is -0.369 e. The van der Waals surface area contributed by atoms with Crippen molar-refractivity contribution in [2.45, 2.75) is 39.2 Å². The molecule has 92 valence electrons. The average Bonchev–Trinajstić information content (AvgIpc) is 2.28. The zero-order valence-corrected chi connectivity index (χ0v) is 10.0. The molecule has 1 aliphatic heterocycles. The zero-order chi connectivity index (χ0) is 12.1. The smallest absolute Gasteiger partial charge is 0.317 e. The average molecular weight is 227 g/mol. The van der Waals surface area contributed by atoms with Gasteiger partial charge < -0.3 is 16.0 Å². The Labute approximate surface area is 96.4 Å². The van der Waals surface area contributed by atoms with E-state index in [-0.39, 0.29) is 23.9 Å². The Morgan fingerprint density at radius 3 is 2.44 bits per heavy atom. The van der Waals surface area contributed by atoms with Gasteiger partial charge in [0.25, 0.3) is 0 Å². The first-order valence-corrected chi connectivity index (χ1v) is 5.89. The number of amides is 3. The molecule has 1 fully saturated rings. The van der Waals surface area contributed by atoms with Crippen LogP contribution < -0.4 is 11.1 Å². The van der Waals surface area contributed by atoms with E-state index in [0.29, 0.717) is 25.9 Å². The number of carbonyl (C=O) groups excluding carboxylic acids is 2. The molecular weight excluding hydrogens is 206 g/mol. The molecule has 5 nitrogen and oxygen atoms in total. The Kier molecular flexibility index (Phi) is 4.58. The third-order valence-electron chi connectivity index (χ3n) is 3.17. The van der Waals surface area contributed by atoms with Crippen LogP contribution in [0.25, 0.3) is 0 Å². The fourth-order valence-corrected chi connectivity index (χ4v) is 1.77. The van der Waals surface area contributed by atoms with E-state index in [4.69, 9.17) is 5.73 Å². The van der Waals surface area contributed by atoms with Gasteiger partial charge in [-0.05, 0) is 26.2 Å². The van der Waals surface area contributed by atoms with Crippen molar-refractivity contribution < 1.29 is 9.59 Å². The van der Waals surface area contributed by atoms with Gasteiger partial charge in [-0.2, -0.15) is 0 Å². The van der Waals surface area contributed by atoms with Gasteiger partial charge >= 0.3 is 6.03 Å². The molecule has 16 heavy (non-hydrogen) atoms. The summed E-state index contributed by atoms with van der Waals surface area (Å²) in [6.45, 7) is 5.25. The molecule has 1 saturated heterocycles. The summed E-state index contributed by atoms with van der Waals surface area (Å²) in [5, 5.41) is 2.91. The Bertz CT molecular complexity index is 260. The van der Waals surface area contributed by atoms with Gasteiger partial charge in [-0.1, -0.05) is 6.92 Å². The largest absolute Gasteiger partial charge is 0.369 e. The van der Waals surface area contributed by atoms with Crippen molar-refractivity contribution in [3.05, 3.63) is 0 Å². The summed E-state index contributed by atoms with van der Waals surface area (Å²) in [6, 6.07) is 0.165. The molecule has 1 unspecified atom stereocenters. The first-order valence-electron chi connectivity index (χ1n) is 5.89. The number of hydrogen-bond donors (Lipinski definition) is 2. The first-order chi connectivity index (χ1) is 7.54. The fourth-order valence-electron chi connectivity index (χ4n) is 1.77. The van der Waals surface area contributed by atoms with E-state index in [1.165, 1.54) is 0 Å². The maximum atomic E-state index is 11.7.